The van der Waals surface area contributed by atoms with Gasteiger partial charge in [-0.1, -0.05) is 42.5 Å². The third-order valence-electron chi connectivity index (χ3n) is 4.67. The Kier molecular flexibility index (Phi) is 7.33. The molecule has 0 bridgehead atoms. The van der Waals surface area contributed by atoms with Crippen LogP contribution in [0.4, 0.5) is 0 Å². The Morgan fingerprint density at radius 1 is 0.966 bits per heavy atom. The number of hydrogen-bond donors (Lipinski definition) is 1. The number of carbonyl (C=O) groups excluding carboxylic acids is 2. The Hall–Kier alpha value is -2.76. The minimum Gasteiger partial charge on any atom is -0.348 e. The van der Waals surface area contributed by atoms with Crippen LogP contribution in [0, 0.1) is 0 Å². The molecular formula is C24H26N2O2S. The minimum absolute atomic E-state index is 0.101. The number of hydrogen-bond acceptors (Lipinski definition) is 4. The Morgan fingerprint density at radius 3 is 2.48 bits per heavy atom. The number of amides is 1. The fourth-order valence-electron chi connectivity index (χ4n) is 3.19. The highest BCUT2D eigenvalue weighted by Crippen LogP contribution is 2.15. The van der Waals surface area contributed by atoms with Crippen LogP contribution in [0.3, 0.4) is 0 Å². The third-order valence-corrected chi connectivity index (χ3v) is 5.58. The smallest absolute Gasteiger partial charge is 0.251 e. The molecule has 0 aliphatic rings. The molecule has 29 heavy (non-hydrogen) atoms. The van der Waals surface area contributed by atoms with Gasteiger partial charge in [0.2, 0.25) is 0 Å². The molecule has 1 N–H and O–H groups in total. The molecule has 2 aromatic carbocycles. The Morgan fingerprint density at radius 2 is 1.76 bits per heavy atom. The molecule has 0 saturated heterocycles. The fraction of sp³-hybridized carbons (Fsp3) is 0.250. The average Bonchev–Trinajstić information content (AvgIpc) is 3.26. The number of Topliss-reactive ketones (excluding diaryl/α,β-unsaturated/α-hetero) is 1. The molecule has 0 radical (unpaired) electrons. The maximum Gasteiger partial charge on any atom is 0.251 e. The summed E-state index contributed by atoms with van der Waals surface area (Å²) in [6.45, 7) is 1.32. The lowest BCUT2D eigenvalue weighted by atomic mass is 10.0. The predicted molar refractivity (Wildman–Crippen MR) is 118 cm³/mol. The van der Waals surface area contributed by atoms with Gasteiger partial charge in [-0.25, -0.2) is 0 Å². The molecule has 0 aliphatic heterocycles. The molecule has 3 aromatic rings. The van der Waals surface area contributed by atoms with Gasteiger partial charge in [0.1, 0.15) is 0 Å². The van der Waals surface area contributed by atoms with Gasteiger partial charge >= 0.3 is 0 Å². The number of benzene rings is 2. The molecule has 1 heterocycles. The van der Waals surface area contributed by atoms with Crippen molar-refractivity contribution in [2.45, 2.75) is 25.9 Å². The zero-order valence-corrected chi connectivity index (χ0v) is 17.7. The summed E-state index contributed by atoms with van der Waals surface area (Å²) in [6, 6.07) is 19.4. The Balaban J connectivity index is 1.59. The molecule has 0 spiro atoms. The molecule has 5 heteroatoms. The molecule has 150 valence electrons. The number of thiophene rings is 1. The summed E-state index contributed by atoms with van der Waals surface area (Å²) in [5.74, 6) is 0.0449. The lowest BCUT2D eigenvalue weighted by Gasteiger charge is -2.15. The predicted octanol–water partition coefficient (Wildman–Crippen LogP) is 4.56. The molecule has 3 rings (SSSR count). The Bertz CT molecular complexity index is 965. The van der Waals surface area contributed by atoms with Gasteiger partial charge in [0, 0.05) is 25.1 Å². The van der Waals surface area contributed by atoms with E-state index in [4.69, 9.17) is 0 Å². The summed E-state index contributed by atoms with van der Waals surface area (Å²) < 4.78 is 0. The van der Waals surface area contributed by atoms with Crippen LogP contribution in [0.15, 0.2) is 66.0 Å². The summed E-state index contributed by atoms with van der Waals surface area (Å²) in [5.41, 5.74) is 3.94. The summed E-state index contributed by atoms with van der Waals surface area (Å²) in [6.07, 6.45) is 1.08. The van der Waals surface area contributed by atoms with E-state index in [-0.39, 0.29) is 11.7 Å². The van der Waals surface area contributed by atoms with Crippen LogP contribution in [0.5, 0.6) is 0 Å². The van der Waals surface area contributed by atoms with Gasteiger partial charge in [0.25, 0.3) is 5.91 Å². The van der Waals surface area contributed by atoms with Crippen molar-refractivity contribution in [2.75, 3.05) is 14.1 Å². The number of nitrogens with zero attached hydrogens (tertiary/aromatic N) is 1. The quantitative estimate of drug-likeness (QED) is 0.530. The Labute approximate surface area is 176 Å². The summed E-state index contributed by atoms with van der Waals surface area (Å²) >= 11 is 1.47. The van der Waals surface area contributed by atoms with E-state index in [1.807, 2.05) is 74.1 Å². The van der Waals surface area contributed by atoms with E-state index >= 15 is 0 Å². The number of nitrogens with one attached hydrogen (secondary N) is 1. The van der Waals surface area contributed by atoms with Gasteiger partial charge in [-0.05, 0) is 60.8 Å². The molecule has 0 aliphatic carbocycles. The largest absolute Gasteiger partial charge is 0.348 e. The van der Waals surface area contributed by atoms with Crippen LogP contribution >= 0.6 is 11.3 Å². The van der Waals surface area contributed by atoms with Gasteiger partial charge in [0.15, 0.2) is 5.78 Å². The van der Waals surface area contributed by atoms with Gasteiger partial charge in [0.05, 0.1) is 4.88 Å². The molecule has 0 fully saturated rings. The first kappa shape index (κ1) is 21.0. The number of aryl methyl sites for hydroxylation is 1. The zero-order chi connectivity index (χ0) is 20.6. The topological polar surface area (TPSA) is 49.4 Å². The van der Waals surface area contributed by atoms with Gasteiger partial charge < -0.3 is 10.2 Å². The van der Waals surface area contributed by atoms with Crippen LogP contribution in [0.2, 0.25) is 0 Å². The van der Waals surface area contributed by atoms with Crippen LogP contribution in [-0.2, 0) is 19.5 Å². The van der Waals surface area contributed by atoms with Crippen molar-refractivity contribution in [3.8, 4) is 0 Å². The maximum absolute atomic E-state index is 12.6. The van der Waals surface area contributed by atoms with Crippen molar-refractivity contribution in [3.05, 3.63) is 93.2 Å². The van der Waals surface area contributed by atoms with Crippen LogP contribution in [0.1, 0.15) is 43.1 Å². The van der Waals surface area contributed by atoms with Crippen LogP contribution < -0.4 is 5.32 Å². The lowest BCUT2D eigenvalue weighted by Crippen LogP contribution is -2.24. The molecule has 0 atom stereocenters. The molecule has 1 amide bonds. The normalized spacial score (nSPS) is 10.9. The van der Waals surface area contributed by atoms with Crippen LogP contribution in [0.25, 0.3) is 0 Å². The average molecular weight is 407 g/mol. The lowest BCUT2D eigenvalue weighted by molar-refractivity contribution is 0.0949. The maximum atomic E-state index is 12.6. The number of ketones is 1. The second kappa shape index (κ2) is 10.1. The standard InChI is InChI=1S/C24H26N2O2S/c1-26(2)17-21-9-4-3-8-20(21)16-25-24(28)19-10-5-7-18(15-19)12-13-22(27)23-11-6-14-29-23/h3-11,14-15H,12-13,16-17H2,1-2H3,(H,25,28). The molecular weight excluding hydrogens is 380 g/mol. The van der Waals surface area contributed by atoms with Crippen molar-refractivity contribution >= 4 is 23.0 Å². The van der Waals surface area contributed by atoms with E-state index in [0.717, 1.165) is 22.5 Å². The highest BCUT2D eigenvalue weighted by atomic mass is 32.1. The molecule has 4 nitrogen and oxygen atoms in total. The van der Waals surface area contributed by atoms with E-state index in [2.05, 4.69) is 16.3 Å². The molecule has 1 aromatic heterocycles. The number of rotatable bonds is 9. The van der Waals surface area contributed by atoms with Crippen molar-refractivity contribution in [1.82, 2.24) is 10.2 Å². The fourth-order valence-corrected chi connectivity index (χ4v) is 3.88. The van der Waals surface area contributed by atoms with Gasteiger partial charge in [-0.15, -0.1) is 11.3 Å². The van der Waals surface area contributed by atoms with E-state index < -0.39 is 0 Å². The van der Waals surface area contributed by atoms with Crippen molar-refractivity contribution < 1.29 is 9.59 Å². The second-order valence-corrected chi connectivity index (χ2v) is 8.24. The number of carbonyl (C=O) groups is 2. The monoisotopic (exact) mass is 406 g/mol. The first-order valence-electron chi connectivity index (χ1n) is 9.68. The molecule has 0 unspecified atom stereocenters. The highest BCUT2D eigenvalue weighted by Gasteiger charge is 2.10. The SMILES string of the molecule is CN(C)Cc1ccccc1CNC(=O)c1cccc(CCC(=O)c2cccs2)c1. The summed E-state index contributed by atoms with van der Waals surface area (Å²) in [7, 11) is 4.06. The second-order valence-electron chi connectivity index (χ2n) is 7.29. The van der Waals surface area contributed by atoms with E-state index in [1.165, 1.54) is 16.9 Å². The summed E-state index contributed by atoms with van der Waals surface area (Å²) in [5, 5.41) is 4.93. The minimum atomic E-state index is -0.101. The first-order valence-corrected chi connectivity index (χ1v) is 10.6. The zero-order valence-electron chi connectivity index (χ0n) is 16.9. The third kappa shape index (κ3) is 6.11. The first-order chi connectivity index (χ1) is 14.0. The van der Waals surface area contributed by atoms with Crippen molar-refractivity contribution in [2.24, 2.45) is 0 Å². The highest BCUT2D eigenvalue weighted by molar-refractivity contribution is 7.12. The van der Waals surface area contributed by atoms with Gasteiger partial charge in [-0.3, -0.25) is 9.59 Å². The summed E-state index contributed by atoms with van der Waals surface area (Å²) in [4.78, 5) is 27.7. The van der Waals surface area contributed by atoms with Crippen LogP contribution in [-0.4, -0.2) is 30.7 Å². The van der Waals surface area contributed by atoms with Crippen molar-refractivity contribution in [3.63, 3.8) is 0 Å². The van der Waals surface area contributed by atoms with E-state index in [9.17, 15) is 9.59 Å². The van der Waals surface area contributed by atoms with Gasteiger partial charge in [-0.2, -0.15) is 0 Å². The van der Waals surface area contributed by atoms with Crippen molar-refractivity contribution in [1.29, 1.82) is 0 Å². The molecule has 0 saturated carbocycles. The van der Waals surface area contributed by atoms with E-state index in [0.29, 0.717) is 24.9 Å². The van der Waals surface area contributed by atoms with E-state index in [1.54, 1.807) is 0 Å².